The highest BCUT2D eigenvalue weighted by molar-refractivity contribution is 6.30. The lowest BCUT2D eigenvalue weighted by Crippen LogP contribution is -2.29. The van der Waals surface area contributed by atoms with E-state index >= 15 is 0 Å². The van der Waals surface area contributed by atoms with Crippen molar-refractivity contribution >= 4 is 35.0 Å². The highest BCUT2D eigenvalue weighted by Gasteiger charge is 2.33. The molecular formula is C15H17Cl2N5. The van der Waals surface area contributed by atoms with Gasteiger partial charge in [0.2, 0.25) is 5.95 Å². The monoisotopic (exact) mass is 337 g/mol. The van der Waals surface area contributed by atoms with E-state index in [1.165, 1.54) is 5.56 Å². The molecule has 1 saturated heterocycles. The topological polar surface area (TPSA) is 67.1 Å². The predicted octanol–water partition coefficient (Wildman–Crippen LogP) is 3.22. The van der Waals surface area contributed by atoms with Gasteiger partial charge in [-0.05, 0) is 31.2 Å². The van der Waals surface area contributed by atoms with Gasteiger partial charge in [0.1, 0.15) is 11.0 Å². The number of rotatable bonds is 3. The molecule has 3 rings (SSSR count). The maximum Gasteiger partial charge on any atom is 0.223 e. The van der Waals surface area contributed by atoms with Crippen molar-refractivity contribution in [2.45, 2.75) is 18.5 Å². The average Bonchev–Trinajstić information content (AvgIpc) is 2.80. The van der Waals surface area contributed by atoms with Gasteiger partial charge in [0, 0.05) is 23.7 Å². The molecule has 1 aromatic carbocycles. The minimum Gasteiger partial charge on any atom is -0.368 e. The molecule has 3 N–H and O–H groups in total. The van der Waals surface area contributed by atoms with Crippen LogP contribution in [0.4, 0.5) is 11.8 Å². The van der Waals surface area contributed by atoms with Crippen molar-refractivity contribution in [2.24, 2.45) is 0 Å². The lowest BCUT2D eigenvalue weighted by Gasteiger charge is -2.26. The third-order valence-electron chi connectivity index (χ3n) is 3.91. The summed E-state index contributed by atoms with van der Waals surface area (Å²) in [5, 5.41) is 4.50. The number of hydrogen-bond donors (Lipinski definition) is 2. The summed E-state index contributed by atoms with van der Waals surface area (Å²) in [7, 11) is 2.11. The standard InChI is InChI=1S/C15H17Cl2N5/c1-22-7-6-11(14(22)9-2-4-10(16)5-3-9)19-13-8-12(17)20-15(18)21-13/h2-5,8,11,14H,6-7H2,1H3,(H3,18,19,20,21). The normalized spacial score (nSPS) is 22.0. The Hall–Kier alpha value is -1.56. The molecule has 0 amide bonds. The highest BCUT2D eigenvalue weighted by Crippen LogP contribution is 2.33. The maximum atomic E-state index is 5.98. The smallest absolute Gasteiger partial charge is 0.223 e. The van der Waals surface area contributed by atoms with E-state index in [9.17, 15) is 0 Å². The summed E-state index contributed by atoms with van der Waals surface area (Å²) in [5.41, 5.74) is 6.87. The lowest BCUT2D eigenvalue weighted by atomic mass is 10.0. The van der Waals surface area contributed by atoms with Crippen LogP contribution in [-0.4, -0.2) is 34.5 Å². The van der Waals surface area contributed by atoms with Crippen molar-refractivity contribution in [3.63, 3.8) is 0 Å². The summed E-state index contributed by atoms with van der Waals surface area (Å²) in [6.45, 7) is 0.999. The Kier molecular flexibility index (Phi) is 4.38. The molecule has 2 atom stereocenters. The summed E-state index contributed by atoms with van der Waals surface area (Å²) in [6.07, 6.45) is 1.01. The lowest BCUT2D eigenvalue weighted by molar-refractivity contribution is 0.309. The first kappa shape index (κ1) is 15.3. The number of likely N-dealkylation sites (N-methyl/N-ethyl adjacent to an activating group) is 1. The van der Waals surface area contributed by atoms with Gasteiger partial charge in [-0.2, -0.15) is 4.98 Å². The maximum absolute atomic E-state index is 5.98. The summed E-state index contributed by atoms with van der Waals surface area (Å²) >= 11 is 11.9. The molecule has 1 fully saturated rings. The fraction of sp³-hybridized carbons (Fsp3) is 0.333. The van der Waals surface area contributed by atoms with E-state index in [0.29, 0.717) is 11.0 Å². The molecule has 116 valence electrons. The molecule has 0 aliphatic carbocycles. The third-order valence-corrected chi connectivity index (χ3v) is 4.35. The fourth-order valence-electron chi connectivity index (χ4n) is 2.94. The number of benzene rings is 1. The predicted molar refractivity (Wildman–Crippen MR) is 90.3 cm³/mol. The number of anilines is 2. The second kappa shape index (κ2) is 6.28. The molecule has 1 aromatic heterocycles. The third kappa shape index (κ3) is 3.27. The van der Waals surface area contributed by atoms with E-state index in [1.54, 1.807) is 6.07 Å². The molecule has 0 bridgehead atoms. The Morgan fingerprint density at radius 1 is 1.23 bits per heavy atom. The first-order valence-electron chi connectivity index (χ1n) is 7.05. The molecule has 1 aliphatic rings. The largest absolute Gasteiger partial charge is 0.368 e. The average molecular weight is 338 g/mol. The summed E-state index contributed by atoms with van der Waals surface area (Å²) < 4.78 is 0. The molecule has 2 aromatic rings. The second-order valence-corrected chi connectivity index (χ2v) is 6.27. The summed E-state index contributed by atoms with van der Waals surface area (Å²) in [5.74, 6) is 0.821. The first-order valence-corrected chi connectivity index (χ1v) is 7.81. The van der Waals surface area contributed by atoms with E-state index < -0.39 is 0 Å². The zero-order valence-electron chi connectivity index (χ0n) is 12.1. The Labute approximate surface area is 139 Å². The van der Waals surface area contributed by atoms with Gasteiger partial charge in [-0.25, -0.2) is 4.98 Å². The van der Waals surface area contributed by atoms with E-state index in [4.69, 9.17) is 28.9 Å². The van der Waals surface area contributed by atoms with Crippen molar-refractivity contribution in [3.05, 3.63) is 46.1 Å². The zero-order chi connectivity index (χ0) is 15.7. The fourth-order valence-corrected chi connectivity index (χ4v) is 3.26. The van der Waals surface area contributed by atoms with Crippen LogP contribution in [-0.2, 0) is 0 Å². The Bertz CT molecular complexity index is 641. The van der Waals surface area contributed by atoms with Gasteiger partial charge < -0.3 is 11.1 Å². The van der Waals surface area contributed by atoms with Crippen LogP contribution in [0.25, 0.3) is 0 Å². The Morgan fingerprint density at radius 2 is 1.95 bits per heavy atom. The van der Waals surface area contributed by atoms with Crippen LogP contribution in [0.2, 0.25) is 10.2 Å². The summed E-state index contributed by atoms with van der Waals surface area (Å²) in [4.78, 5) is 10.4. The molecule has 2 unspecified atom stereocenters. The van der Waals surface area contributed by atoms with Gasteiger partial charge in [-0.15, -0.1) is 0 Å². The van der Waals surface area contributed by atoms with E-state index in [-0.39, 0.29) is 18.0 Å². The number of likely N-dealkylation sites (tertiary alicyclic amines) is 1. The molecule has 7 heteroatoms. The van der Waals surface area contributed by atoms with Crippen LogP contribution >= 0.6 is 23.2 Å². The van der Waals surface area contributed by atoms with Crippen molar-refractivity contribution in [1.82, 2.24) is 14.9 Å². The van der Waals surface area contributed by atoms with Crippen LogP contribution < -0.4 is 11.1 Å². The minimum atomic E-state index is 0.171. The van der Waals surface area contributed by atoms with Crippen LogP contribution in [0.5, 0.6) is 0 Å². The van der Waals surface area contributed by atoms with E-state index in [0.717, 1.165) is 18.0 Å². The molecule has 5 nitrogen and oxygen atoms in total. The Morgan fingerprint density at radius 3 is 2.64 bits per heavy atom. The molecule has 22 heavy (non-hydrogen) atoms. The Balaban J connectivity index is 1.84. The highest BCUT2D eigenvalue weighted by atomic mass is 35.5. The first-order chi connectivity index (χ1) is 10.5. The number of halogens is 2. The quantitative estimate of drug-likeness (QED) is 0.841. The van der Waals surface area contributed by atoms with Gasteiger partial charge in [-0.3, -0.25) is 4.90 Å². The number of nitrogens with zero attached hydrogens (tertiary/aromatic N) is 3. The molecule has 0 spiro atoms. The van der Waals surface area contributed by atoms with E-state index in [1.807, 2.05) is 12.1 Å². The molecule has 1 aliphatic heterocycles. The number of hydrogen-bond acceptors (Lipinski definition) is 5. The van der Waals surface area contributed by atoms with Crippen molar-refractivity contribution in [1.29, 1.82) is 0 Å². The van der Waals surface area contributed by atoms with Crippen molar-refractivity contribution in [3.8, 4) is 0 Å². The van der Waals surface area contributed by atoms with Gasteiger partial charge >= 0.3 is 0 Å². The van der Waals surface area contributed by atoms with Crippen LogP contribution in [0.3, 0.4) is 0 Å². The van der Waals surface area contributed by atoms with E-state index in [2.05, 4.69) is 39.4 Å². The number of aromatic nitrogens is 2. The number of nitrogen functional groups attached to an aromatic ring is 1. The number of nitrogens with one attached hydrogen (secondary N) is 1. The van der Waals surface area contributed by atoms with Gasteiger partial charge in [0.15, 0.2) is 0 Å². The zero-order valence-corrected chi connectivity index (χ0v) is 13.6. The molecule has 0 radical (unpaired) electrons. The summed E-state index contributed by atoms with van der Waals surface area (Å²) in [6, 6.07) is 10.1. The SMILES string of the molecule is CN1CCC(Nc2cc(Cl)nc(N)n2)C1c1ccc(Cl)cc1. The molecular weight excluding hydrogens is 321 g/mol. The van der Waals surface area contributed by atoms with Gasteiger partial charge in [0.25, 0.3) is 0 Å². The van der Waals surface area contributed by atoms with Crippen LogP contribution in [0.15, 0.2) is 30.3 Å². The van der Waals surface area contributed by atoms with Crippen LogP contribution in [0.1, 0.15) is 18.0 Å². The molecule has 0 saturated carbocycles. The minimum absolute atomic E-state index is 0.171. The van der Waals surface area contributed by atoms with Crippen molar-refractivity contribution in [2.75, 3.05) is 24.6 Å². The van der Waals surface area contributed by atoms with Crippen molar-refractivity contribution < 1.29 is 0 Å². The van der Waals surface area contributed by atoms with Crippen LogP contribution in [0, 0.1) is 0 Å². The second-order valence-electron chi connectivity index (χ2n) is 5.45. The molecule has 2 heterocycles. The van der Waals surface area contributed by atoms with Gasteiger partial charge in [-0.1, -0.05) is 35.3 Å². The van der Waals surface area contributed by atoms with Gasteiger partial charge in [0.05, 0.1) is 6.04 Å². The number of nitrogens with two attached hydrogens (primary N) is 1.